The average molecular weight is 467 g/mol. The van der Waals surface area contributed by atoms with E-state index in [1.165, 1.54) is 43.9 Å². The van der Waals surface area contributed by atoms with Crippen LogP contribution in [0.15, 0.2) is 29.4 Å². The van der Waals surface area contributed by atoms with E-state index in [-0.39, 0.29) is 33.4 Å². The van der Waals surface area contributed by atoms with E-state index in [2.05, 4.69) is 25.8 Å². The van der Waals surface area contributed by atoms with E-state index in [0.29, 0.717) is 24.4 Å². The number of anilines is 1. The van der Waals surface area contributed by atoms with Gasteiger partial charge in [-0.2, -0.15) is 5.10 Å². The maximum absolute atomic E-state index is 14.0. The van der Waals surface area contributed by atoms with Crippen molar-refractivity contribution in [3.05, 3.63) is 30.1 Å². The third-order valence-electron chi connectivity index (χ3n) is 11.1. The molecule has 2 bridgehead atoms. The van der Waals surface area contributed by atoms with Crippen LogP contribution in [0.1, 0.15) is 79.1 Å². The molecule has 0 saturated heterocycles. The SMILES string of the molecule is CCOC(=O)[C@]1(C)CCC[C@@]2(C)[C@@H]3CC[C@@]4(C)C[C@]3(CC[C@@H]21)[C@@H]1CN(c2cccc(F)c2)N=C14. The summed E-state index contributed by atoms with van der Waals surface area (Å²) in [6.45, 7) is 10.4. The van der Waals surface area contributed by atoms with Gasteiger partial charge in [-0.05, 0) is 99.7 Å². The highest BCUT2D eigenvalue weighted by atomic mass is 19.1. The average Bonchev–Trinajstić information content (AvgIpc) is 3.31. The molecule has 1 aromatic rings. The molecule has 184 valence electrons. The van der Waals surface area contributed by atoms with Gasteiger partial charge < -0.3 is 4.74 Å². The molecular weight excluding hydrogens is 427 g/mol. The van der Waals surface area contributed by atoms with Crippen LogP contribution in [-0.2, 0) is 9.53 Å². The Morgan fingerprint density at radius 1 is 1.15 bits per heavy atom. The van der Waals surface area contributed by atoms with Crippen LogP contribution in [0.25, 0.3) is 0 Å². The number of hydrazone groups is 1. The summed E-state index contributed by atoms with van der Waals surface area (Å²) >= 11 is 0. The Labute approximate surface area is 203 Å². The van der Waals surface area contributed by atoms with Gasteiger partial charge in [0.25, 0.3) is 0 Å². The van der Waals surface area contributed by atoms with Crippen LogP contribution >= 0.6 is 0 Å². The van der Waals surface area contributed by atoms with Gasteiger partial charge in [-0.25, -0.2) is 4.39 Å². The van der Waals surface area contributed by atoms with E-state index in [0.717, 1.165) is 31.5 Å². The van der Waals surface area contributed by atoms with Gasteiger partial charge in [0.15, 0.2) is 0 Å². The van der Waals surface area contributed by atoms with Crippen LogP contribution in [0.2, 0.25) is 0 Å². The largest absolute Gasteiger partial charge is 0.466 e. The molecular formula is C29H39FN2O2. The Bertz CT molecular complexity index is 1060. The summed E-state index contributed by atoms with van der Waals surface area (Å²) in [6.07, 6.45) is 9.17. The molecule has 1 heterocycles. The Balaban J connectivity index is 1.37. The second-order valence-corrected chi connectivity index (χ2v) is 12.8. The summed E-state index contributed by atoms with van der Waals surface area (Å²) in [5.74, 6) is 1.24. The fourth-order valence-electron chi connectivity index (χ4n) is 9.92. The van der Waals surface area contributed by atoms with Crippen LogP contribution in [0.4, 0.5) is 10.1 Å². The number of fused-ring (bicyclic) bond motifs is 5. The smallest absolute Gasteiger partial charge is 0.312 e. The van der Waals surface area contributed by atoms with Crippen molar-refractivity contribution in [1.82, 2.24) is 0 Å². The van der Waals surface area contributed by atoms with Gasteiger partial charge in [0.1, 0.15) is 5.82 Å². The summed E-state index contributed by atoms with van der Waals surface area (Å²) in [5.41, 5.74) is 2.40. The molecule has 1 aliphatic heterocycles. The second-order valence-electron chi connectivity index (χ2n) is 12.8. The Hall–Kier alpha value is -1.91. The Morgan fingerprint density at radius 2 is 1.94 bits per heavy atom. The number of halogens is 1. The van der Waals surface area contributed by atoms with E-state index in [1.807, 2.05) is 13.0 Å². The van der Waals surface area contributed by atoms with E-state index in [9.17, 15) is 9.18 Å². The van der Waals surface area contributed by atoms with E-state index in [1.54, 1.807) is 12.1 Å². The highest BCUT2D eigenvalue weighted by Gasteiger charge is 2.71. The number of benzene rings is 1. The molecule has 0 aromatic heterocycles. The number of carbonyl (C=O) groups excluding carboxylic acids is 1. The predicted molar refractivity (Wildman–Crippen MR) is 132 cm³/mol. The van der Waals surface area contributed by atoms with Gasteiger partial charge in [0.2, 0.25) is 0 Å². The fraction of sp³-hybridized carbons (Fsp3) is 0.724. The van der Waals surface area contributed by atoms with Crippen molar-refractivity contribution < 1.29 is 13.9 Å². The van der Waals surface area contributed by atoms with Gasteiger partial charge in [-0.3, -0.25) is 9.80 Å². The fourth-order valence-corrected chi connectivity index (χ4v) is 9.92. The molecule has 5 heteroatoms. The first-order valence-electron chi connectivity index (χ1n) is 13.5. The first-order chi connectivity index (χ1) is 16.2. The van der Waals surface area contributed by atoms with Crippen molar-refractivity contribution in [3.8, 4) is 0 Å². The molecule has 4 aliphatic carbocycles. The van der Waals surface area contributed by atoms with E-state index < -0.39 is 0 Å². The lowest BCUT2D eigenvalue weighted by Crippen LogP contribution is -2.60. The minimum atomic E-state index is -0.371. The zero-order valence-corrected chi connectivity index (χ0v) is 21.2. The number of rotatable bonds is 3. The third kappa shape index (κ3) is 2.82. The van der Waals surface area contributed by atoms with Crippen LogP contribution in [0.5, 0.6) is 0 Å². The molecule has 4 nitrogen and oxygen atoms in total. The second kappa shape index (κ2) is 7.30. The van der Waals surface area contributed by atoms with Crippen molar-refractivity contribution in [3.63, 3.8) is 0 Å². The zero-order valence-electron chi connectivity index (χ0n) is 21.2. The monoisotopic (exact) mass is 466 g/mol. The lowest BCUT2D eigenvalue weighted by atomic mass is 9.39. The number of hydrogen-bond donors (Lipinski definition) is 0. The van der Waals surface area contributed by atoms with E-state index in [4.69, 9.17) is 9.84 Å². The third-order valence-corrected chi connectivity index (χ3v) is 11.1. The number of nitrogens with zero attached hydrogens (tertiary/aromatic N) is 2. The van der Waals surface area contributed by atoms with Gasteiger partial charge in [-0.1, -0.05) is 26.3 Å². The quantitative estimate of drug-likeness (QED) is 0.472. The molecule has 0 amide bonds. The lowest BCUT2D eigenvalue weighted by Gasteiger charge is -2.64. The lowest BCUT2D eigenvalue weighted by molar-refractivity contribution is -0.191. The molecule has 1 spiro atoms. The van der Waals surface area contributed by atoms with Crippen molar-refractivity contribution in [2.24, 2.45) is 44.5 Å². The molecule has 1 aromatic carbocycles. The first kappa shape index (κ1) is 22.5. The summed E-state index contributed by atoms with van der Waals surface area (Å²) in [7, 11) is 0. The first-order valence-corrected chi connectivity index (χ1v) is 13.5. The molecule has 0 N–H and O–H groups in total. The molecule has 4 saturated carbocycles. The van der Waals surface area contributed by atoms with Gasteiger partial charge in [0.05, 0.1) is 24.3 Å². The molecule has 5 aliphatic rings. The van der Waals surface area contributed by atoms with Crippen LogP contribution in [0.3, 0.4) is 0 Å². The highest BCUT2D eigenvalue weighted by molar-refractivity contribution is 5.98. The van der Waals surface area contributed by atoms with Crippen molar-refractivity contribution in [2.45, 2.75) is 79.1 Å². The molecule has 7 atom stereocenters. The molecule has 34 heavy (non-hydrogen) atoms. The van der Waals surface area contributed by atoms with Gasteiger partial charge in [-0.15, -0.1) is 0 Å². The Kier molecular flexibility index (Phi) is 4.84. The molecule has 4 fully saturated rings. The molecule has 0 radical (unpaired) electrons. The highest BCUT2D eigenvalue weighted by Crippen LogP contribution is 2.75. The zero-order chi connectivity index (χ0) is 23.9. The van der Waals surface area contributed by atoms with Gasteiger partial charge in [0, 0.05) is 17.0 Å². The maximum Gasteiger partial charge on any atom is 0.312 e. The summed E-state index contributed by atoms with van der Waals surface area (Å²) in [4.78, 5) is 13.2. The van der Waals surface area contributed by atoms with Crippen molar-refractivity contribution in [1.29, 1.82) is 0 Å². The minimum Gasteiger partial charge on any atom is -0.466 e. The summed E-state index contributed by atoms with van der Waals surface area (Å²) in [6, 6.07) is 6.88. The van der Waals surface area contributed by atoms with Gasteiger partial charge >= 0.3 is 5.97 Å². The number of hydrogen-bond acceptors (Lipinski definition) is 4. The number of carbonyl (C=O) groups is 1. The number of esters is 1. The topological polar surface area (TPSA) is 41.9 Å². The van der Waals surface area contributed by atoms with Crippen LogP contribution in [0, 0.1) is 45.2 Å². The van der Waals surface area contributed by atoms with Crippen LogP contribution < -0.4 is 5.01 Å². The normalized spacial score (nSPS) is 44.7. The van der Waals surface area contributed by atoms with E-state index >= 15 is 0 Å². The molecule has 0 unspecified atom stereocenters. The summed E-state index contributed by atoms with van der Waals surface area (Å²) in [5, 5.41) is 7.25. The van der Waals surface area contributed by atoms with Crippen molar-refractivity contribution >= 4 is 17.4 Å². The maximum atomic E-state index is 14.0. The molecule has 6 rings (SSSR count). The summed E-state index contributed by atoms with van der Waals surface area (Å²) < 4.78 is 19.6. The Morgan fingerprint density at radius 3 is 2.71 bits per heavy atom. The minimum absolute atomic E-state index is 0.0225. The standard InChI is InChI=1S/C29H39FN2O2/c1-5-34-25(33)28(4)13-7-12-27(3)22(28)11-15-29-18-26(2,14-10-23(27)29)24-21(29)17-32(31-24)20-9-6-8-19(30)16-20/h6,8-9,16,21-23H,5,7,10-15,17-18H2,1-4H3/t21-,22+,23+,26+,27-,28-,29-/m1/s1. The van der Waals surface area contributed by atoms with Crippen LogP contribution in [-0.4, -0.2) is 24.8 Å². The number of ether oxygens (including phenoxy) is 1. The van der Waals surface area contributed by atoms with Crippen molar-refractivity contribution in [2.75, 3.05) is 18.2 Å². The predicted octanol–water partition coefficient (Wildman–Crippen LogP) is 6.59.